The fourth-order valence-electron chi connectivity index (χ4n) is 2.76. The van der Waals surface area contributed by atoms with Crippen LogP contribution in [0.15, 0.2) is 48.5 Å². The number of amides is 1. The van der Waals surface area contributed by atoms with Crippen molar-refractivity contribution < 1.29 is 23.8 Å². The second-order valence-corrected chi connectivity index (χ2v) is 13.9. The molecule has 2 aromatic rings. The number of phenols is 1. The van der Waals surface area contributed by atoms with Crippen molar-refractivity contribution in [1.82, 2.24) is 5.32 Å². The van der Waals surface area contributed by atoms with Crippen LogP contribution < -0.4 is 14.5 Å². The molecular formula is C25H35NO5Si. The summed E-state index contributed by atoms with van der Waals surface area (Å²) in [6.45, 7) is 11.4. The summed E-state index contributed by atoms with van der Waals surface area (Å²) in [5, 5.41) is 12.6. The van der Waals surface area contributed by atoms with Gasteiger partial charge in [0.15, 0.2) is 11.5 Å². The summed E-state index contributed by atoms with van der Waals surface area (Å²) < 4.78 is 17.0. The van der Waals surface area contributed by atoms with Gasteiger partial charge in [0.2, 0.25) is 14.2 Å². The van der Waals surface area contributed by atoms with E-state index in [-0.39, 0.29) is 22.8 Å². The number of ether oxygens (including phenoxy) is 2. The molecule has 0 aliphatic heterocycles. The zero-order valence-electron chi connectivity index (χ0n) is 20.1. The molecule has 32 heavy (non-hydrogen) atoms. The molecule has 0 saturated heterocycles. The first-order valence-electron chi connectivity index (χ1n) is 10.6. The van der Waals surface area contributed by atoms with Gasteiger partial charge in [-0.3, -0.25) is 4.79 Å². The fraction of sp³-hybridized carbons (Fsp3) is 0.400. The number of carbonyl (C=O) groups is 1. The predicted octanol–water partition coefficient (Wildman–Crippen LogP) is 5.30. The van der Waals surface area contributed by atoms with E-state index >= 15 is 0 Å². The highest BCUT2D eigenvalue weighted by atomic mass is 28.4. The Kier molecular flexibility index (Phi) is 8.52. The average Bonchev–Trinajstić information content (AvgIpc) is 2.73. The maximum absolute atomic E-state index is 12.2. The van der Waals surface area contributed by atoms with Crippen LogP contribution in [0.25, 0.3) is 6.08 Å². The van der Waals surface area contributed by atoms with Crippen LogP contribution in [-0.2, 0) is 9.53 Å². The summed E-state index contributed by atoms with van der Waals surface area (Å²) in [5.41, 5.74) is 1.71. The molecule has 6 nitrogen and oxygen atoms in total. The van der Waals surface area contributed by atoms with Crippen molar-refractivity contribution in [2.24, 2.45) is 0 Å². The normalized spacial score (nSPS) is 13.1. The van der Waals surface area contributed by atoms with E-state index in [1.54, 1.807) is 25.3 Å². The fourth-order valence-corrected chi connectivity index (χ4v) is 3.79. The number of rotatable bonds is 9. The topological polar surface area (TPSA) is 77.0 Å². The molecule has 0 saturated carbocycles. The van der Waals surface area contributed by atoms with Gasteiger partial charge in [-0.1, -0.05) is 39.0 Å². The third kappa shape index (κ3) is 6.87. The summed E-state index contributed by atoms with van der Waals surface area (Å²) >= 11 is 0. The highest BCUT2D eigenvalue weighted by molar-refractivity contribution is 6.74. The molecule has 0 unspecified atom stereocenters. The zero-order chi connectivity index (χ0) is 23.9. The molecule has 0 bridgehead atoms. The molecule has 0 spiro atoms. The van der Waals surface area contributed by atoms with Gasteiger partial charge < -0.3 is 24.3 Å². The largest absolute Gasteiger partial charge is 0.544 e. The van der Waals surface area contributed by atoms with Gasteiger partial charge in [-0.2, -0.15) is 0 Å². The third-order valence-electron chi connectivity index (χ3n) is 5.81. The first-order chi connectivity index (χ1) is 15.0. The highest BCUT2D eigenvalue weighted by Crippen LogP contribution is 2.37. The van der Waals surface area contributed by atoms with Crippen LogP contribution in [0.4, 0.5) is 0 Å². The molecule has 0 aromatic heterocycles. The van der Waals surface area contributed by atoms with E-state index in [2.05, 4.69) is 39.2 Å². The Labute approximate surface area is 192 Å². The molecule has 0 heterocycles. The van der Waals surface area contributed by atoms with Crippen LogP contribution in [0.2, 0.25) is 18.1 Å². The molecule has 0 aliphatic carbocycles. The van der Waals surface area contributed by atoms with E-state index in [0.29, 0.717) is 12.3 Å². The van der Waals surface area contributed by atoms with Crippen molar-refractivity contribution in [2.75, 3.05) is 20.8 Å². The summed E-state index contributed by atoms with van der Waals surface area (Å²) in [6, 6.07) is 12.7. The van der Waals surface area contributed by atoms with Crippen molar-refractivity contribution in [1.29, 1.82) is 0 Å². The van der Waals surface area contributed by atoms with Gasteiger partial charge in [0, 0.05) is 19.7 Å². The monoisotopic (exact) mass is 457 g/mol. The van der Waals surface area contributed by atoms with E-state index in [4.69, 9.17) is 13.9 Å². The van der Waals surface area contributed by atoms with Crippen LogP contribution in [0.5, 0.6) is 17.2 Å². The molecule has 2 rings (SSSR count). The molecule has 7 heteroatoms. The van der Waals surface area contributed by atoms with E-state index < -0.39 is 8.32 Å². The zero-order valence-corrected chi connectivity index (χ0v) is 21.1. The second kappa shape index (κ2) is 10.7. The maximum atomic E-state index is 12.2. The van der Waals surface area contributed by atoms with Crippen molar-refractivity contribution in [2.45, 2.75) is 45.0 Å². The Morgan fingerprint density at radius 1 is 1.12 bits per heavy atom. The van der Waals surface area contributed by atoms with Gasteiger partial charge in [0.05, 0.1) is 13.2 Å². The van der Waals surface area contributed by atoms with Crippen LogP contribution >= 0.6 is 0 Å². The minimum Gasteiger partial charge on any atom is -0.544 e. The quantitative estimate of drug-likeness (QED) is 0.395. The standard InChI is InChI=1S/C25H35NO5Si/c1-25(2,3)32(6,7)31-20-12-10-19(11-13-20)23(30-5)17-26-24(28)15-9-18-8-14-21(27)22(16-18)29-4/h8-16,23,27H,17H2,1-7H3,(H,26,28)/b15-9+/t23-/m1/s1. The Balaban J connectivity index is 1.96. The molecular weight excluding hydrogens is 422 g/mol. The number of hydrogen-bond acceptors (Lipinski definition) is 5. The third-order valence-corrected chi connectivity index (χ3v) is 10.2. The molecule has 0 aliphatic rings. The maximum Gasteiger partial charge on any atom is 0.250 e. The lowest BCUT2D eigenvalue weighted by Crippen LogP contribution is -2.43. The smallest absolute Gasteiger partial charge is 0.250 e. The van der Waals surface area contributed by atoms with Crippen LogP contribution in [0.3, 0.4) is 0 Å². The molecule has 0 fully saturated rings. The number of methoxy groups -OCH3 is 2. The minimum absolute atomic E-state index is 0.0535. The molecule has 1 amide bonds. The number of phenolic OH excluding ortho intramolecular Hbond substituents is 1. The van der Waals surface area contributed by atoms with E-state index in [9.17, 15) is 9.90 Å². The van der Waals surface area contributed by atoms with E-state index in [1.807, 2.05) is 24.3 Å². The Hall–Kier alpha value is -2.77. The van der Waals surface area contributed by atoms with Crippen molar-refractivity contribution in [3.05, 3.63) is 59.7 Å². The molecule has 2 aromatic carbocycles. The van der Waals surface area contributed by atoms with Crippen molar-refractivity contribution in [3.63, 3.8) is 0 Å². The van der Waals surface area contributed by atoms with Gasteiger partial charge in [-0.05, 0) is 59.6 Å². The summed E-state index contributed by atoms with van der Waals surface area (Å²) in [5.74, 6) is 1.02. The van der Waals surface area contributed by atoms with Crippen LogP contribution in [0.1, 0.15) is 38.0 Å². The Morgan fingerprint density at radius 3 is 2.34 bits per heavy atom. The van der Waals surface area contributed by atoms with Crippen molar-refractivity contribution in [3.8, 4) is 17.2 Å². The lowest BCUT2D eigenvalue weighted by atomic mass is 10.1. The number of hydrogen-bond donors (Lipinski definition) is 2. The predicted molar refractivity (Wildman–Crippen MR) is 131 cm³/mol. The van der Waals surface area contributed by atoms with Gasteiger partial charge in [-0.15, -0.1) is 0 Å². The second-order valence-electron chi connectivity index (χ2n) is 9.17. The van der Waals surface area contributed by atoms with Crippen molar-refractivity contribution >= 4 is 20.3 Å². The SMILES string of the molecule is COc1cc(/C=C/C(=O)NC[C@@H](OC)c2ccc(O[Si](C)(C)C(C)(C)C)cc2)ccc1O. The Bertz CT molecular complexity index is 932. The van der Waals surface area contributed by atoms with Crippen LogP contribution in [0, 0.1) is 0 Å². The minimum atomic E-state index is -1.89. The lowest BCUT2D eigenvalue weighted by Gasteiger charge is -2.36. The first kappa shape index (κ1) is 25.5. The van der Waals surface area contributed by atoms with Gasteiger partial charge in [0.1, 0.15) is 5.75 Å². The number of benzene rings is 2. The summed E-state index contributed by atoms with van der Waals surface area (Å²) in [6.07, 6.45) is 2.82. The highest BCUT2D eigenvalue weighted by Gasteiger charge is 2.38. The number of carbonyl (C=O) groups excluding carboxylic acids is 1. The molecule has 0 radical (unpaired) electrons. The molecule has 2 N–H and O–H groups in total. The Morgan fingerprint density at radius 2 is 1.78 bits per heavy atom. The van der Waals surface area contributed by atoms with Crippen LogP contribution in [-0.4, -0.2) is 40.1 Å². The average molecular weight is 458 g/mol. The van der Waals surface area contributed by atoms with E-state index in [0.717, 1.165) is 16.9 Å². The number of aromatic hydroxyl groups is 1. The first-order valence-corrected chi connectivity index (χ1v) is 13.5. The number of nitrogens with one attached hydrogen (secondary N) is 1. The molecule has 1 atom stereocenters. The summed E-state index contributed by atoms with van der Waals surface area (Å²) in [4.78, 5) is 12.2. The summed E-state index contributed by atoms with van der Waals surface area (Å²) in [7, 11) is 1.21. The molecule has 174 valence electrons. The lowest BCUT2D eigenvalue weighted by molar-refractivity contribution is -0.117. The van der Waals surface area contributed by atoms with Gasteiger partial charge >= 0.3 is 0 Å². The van der Waals surface area contributed by atoms with E-state index in [1.165, 1.54) is 19.3 Å². The van der Waals surface area contributed by atoms with Gasteiger partial charge in [0.25, 0.3) is 0 Å². The van der Waals surface area contributed by atoms with Gasteiger partial charge in [-0.25, -0.2) is 0 Å².